The number of rotatable bonds is 8. The Morgan fingerprint density at radius 3 is 2.29 bits per heavy atom. The summed E-state index contributed by atoms with van der Waals surface area (Å²) in [5, 5.41) is 0.693. The highest BCUT2D eigenvalue weighted by atomic mass is 16.7. The van der Waals surface area contributed by atoms with Gasteiger partial charge in [0.2, 0.25) is 0 Å². The number of carbonyl (C=O) groups excluding carboxylic acids is 2. The summed E-state index contributed by atoms with van der Waals surface area (Å²) in [5.41, 5.74) is 0. The average molecular weight is 239 g/mol. The molecule has 2 amide bonds. The van der Waals surface area contributed by atoms with E-state index in [9.17, 15) is 9.59 Å². The minimum absolute atomic E-state index is 0.119. The first-order valence-corrected chi connectivity index (χ1v) is 5.03. The van der Waals surface area contributed by atoms with Crippen LogP contribution in [0.15, 0.2) is 12.2 Å². The number of nitrogens with zero attached hydrogens (tertiary/aromatic N) is 1. The summed E-state index contributed by atoms with van der Waals surface area (Å²) < 4.78 is 10.1. The van der Waals surface area contributed by atoms with Crippen LogP contribution >= 0.6 is 0 Å². The molecule has 6 heteroatoms. The van der Waals surface area contributed by atoms with Gasteiger partial charge in [0.1, 0.15) is 6.61 Å². The predicted octanol–water partition coefficient (Wildman–Crippen LogP) is -0.491. The molecule has 1 aliphatic heterocycles. The van der Waals surface area contributed by atoms with Gasteiger partial charge in [0, 0.05) is 12.2 Å². The van der Waals surface area contributed by atoms with Gasteiger partial charge in [0.25, 0.3) is 11.8 Å². The number of carbonyl (C=O) groups is 2. The maximum atomic E-state index is 11.0. The van der Waals surface area contributed by atoms with Crippen molar-refractivity contribution in [3.8, 4) is 12.3 Å². The van der Waals surface area contributed by atoms with Crippen molar-refractivity contribution >= 4 is 11.8 Å². The number of imide groups is 1. The number of amides is 2. The van der Waals surface area contributed by atoms with Crippen molar-refractivity contribution in [3.63, 3.8) is 0 Å². The Balaban J connectivity index is 1.96. The highest BCUT2D eigenvalue weighted by Crippen LogP contribution is 2.03. The van der Waals surface area contributed by atoms with Crippen LogP contribution in [0, 0.1) is 12.3 Å². The molecule has 1 rings (SSSR count). The lowest BCUT2D eigenvalue weighted by Crippen LogP contribution is -2.31. The third kappa shape index (κ3) is 4.78. The normalized spacial score (nSPS) is 14.4. The summed E-state index contributed by atoms with van der Waals surface area (Å²) in [5.74, 6) is 1.37. The summed E-state index contributed by atoms with van der Waals surface area (Å²) in [6.45, 7) is 1.41. The van der Waals surface area contributed by atoms with Crippen LogP contribution in [0.3, 0.4) is 0 Å². The van der Waals surface area contributed by atoms with Gasteiger partial charge in [-0.15, -0.1) is 11.5 Å². The Morgan fingerprint density at radius 2 is 1.65 bits per heavy atom. The van der Waals surface area contributed by atoms with E-state index >= 15 is 0 Å². The predicted molar refractivity (Wildman–Crippen MR) is 57.4 cm³/mol. The third-order valence-electron chi connectivity index (χ3n) is 1.77. The quantitative estimate of drug-likeness (QED) is 0.325. The fraction of sp³-hybridized carbons (Fsp3) is 0.455. The van der Waals surface area contributed by atoms with Gasteiger partial charge in [-0.3, -0.25) is 14.4 Å². The molecule has 0 saturated heterocycles. The Morgan fingerprint density at radius 1 is 1.06 bits per heavy atom. The van der Waals surface area contributed by atoms with Crippen LogP contribution in [0.5, 0.6) is 0 Å². The molecular weight excluding hydrogens is 226 g/mol. The summed E-state index contributed by atoms with van der Waals surface area (Å²) in [4.78, 5) is 27.0. The van der Waals surface area contributed by atoms with E-state index < -0.39 is 11.8 Å². The number of hydroxylamine groups is 2. The molecule has 0 spiro atoms. The van der Waals surface area contributed by atoms with E-state index in [1.807, 2.05) is 0 Å². The molecule has 0 bridgehead atoms. The van der Waals surface area contributed by atoms with E-state index in [0.29, 0.717) is 18.3 Å². The number of terminal acetylenes is 1. The third-order valence-corrected chi connectivity index (χ3v) is 1.77. The summed E-state index contributed by atoms with van der Waals surface area (Å²) in [7, 11) is 0. The van der Waals surface area contributed by atoms with E-state index in [4.69, 9.17) is 20.7 Å². The van der Waals surface area contributed by atoms with Crippen LogP contribution in [0.4, 0.5) is 0 Å². The molecule has 1 aliphatic rings. The van der Waals surface area contributed by atoms with Crippen molar-refractivity contribution < 1.29 is 23.9 Å². The number of hydrogen-bond donors (Lipinski definition) is 0. The van der Waals surface area contributed by atoms with Gasteiger partial charge >= 0.3 is 0 Å². The highest BCUT2D eigenvalue weighted by molar-refractivity contribution is 6.11. The number of hydrogen-bond acceptors (Lipinski definition) is 5. The fourth-order valence-electron chi connectivity index (χ4n) is 1.05. The van der Waals surface area contributed by atoms with Crippen molar-refractivity contribution in [2.24, 2.45) is 0 Å². The Kier molecular flexibility index (Phi) is 5.96. The van der Waals surface area contributed by atoms with Crippen LogP contribution in [0.1, 0.15) is 0 Å². The Labute approximate surface area is 99.1 Å². The molecule has 0 aromatic carbocycles. The smallest absolute Gasteiger partial charge is 0.277 e. The molecule has 0 unspecified atom stereocenters. The molecule has 0 fully saturated rings. The second kappa shape index (κ2) is 7.57. The van der Waals surface area contributed by atoms with Gasteiger partial charge in [-0.25, -0.2) is 0 Å². The molecule has 0 aromatic rings. The molecule has 6 nitrogen and oxygen atoms in total. The maximum Gasteiger partial charge on any atom is 0.277 e. The Hall–Kier alpha value is -1.68. The standard InChI is InChI=1S/C11H13NO5/c1-2-5-15-6-7-16-8-9-17-12-10(13)3-4-11(12)14/h1,3-4H,5-9H2. The largest absolute Gasteiger partial charge is 0.377 e. The van der Waals surface area contributed by atoms with E-state index in [0.717, 1.165) is 12.2 Å². The lowest BCUT2D eigenvalue weighted by molar-refractivity contribution is -0.189. The monoisotopic (exact) mass is 239 g/mol. The molecule has 1 heterocycles. The van der Waals surface area contributed by atoms with Crippen LogP contribution in [-0.4, -0.2) is 49.9 Å². The van der Waals surface area contributed by atoms with E-state index in [2.05, 4.69) is 5.92 Å². The second-order valence-electron chi connectivity index (χ2n) is 3.01. The molecule has 0 saturated carbocycles. The minimum Gasteiger partial charge on any atom is -0.377 e. The molecule has 0 atom stereocenters. The summed E-state index contributed by atoms with van der Waals surface area (Å²) in [6.07, 6.45) is 7.28. The lowest BCUT2D eigenvalue weighted by Gasteiger charge is -2.12. The van der Waals surface area contributed by atoms with E-state index in [1.165, 1.54) is 0 Å². The second-order valence-corrected chi connectivity index (χ2v) is 3.01. The van der Waals surface area contributed by atoms with Gasteiger partial charge in [-0.2, -0.15) is 0 Å². The summed E-state index contributed by atoms with van der Waals surface area (Å²) in [6, 6.07) is 0. The Bertz CT molecular complexity index is 326. The molecule has 0 aromatic heterocycles. The van der Waals surface area contributed by atoms with Gasteiger partial charge < -0.3 is 9.47 Å². The fourth-order valence-corrected chi connectivity index (χ4v) is 1.05. The molecular formula is C11H13NO5. The highest BCUT2D eigenvalue weighted by Gasteiger charge is 2.24. The van der Waals surface area contributed by atoms with E-state index in [1.54, 1.807) is 0 Å². The van der Waals surface area contributed by atoms with Crippen molar-refractivity contribution in [1.82, 2.24) is 5.06 Å². The van der Waals surface area contributed by atoms with Crippen LogP contribution in [-0.2, 0) is 23.9 Å². The zero-order valence-electron chi connectivity index (χ0n) is 9.26. The lowest BCUT2D eigenvalue weighted by atomic mass is 10.6. The SMILES string of the molecule is C#CCOCCOCCON1C(=O)C=CC1=O. The summed E-state index contributed by atoms with van der Waals surface area (Å²) >= 11 is 0. The first-order valence-electron chi connectivity index (χ1n) is 5.03. The van der Waals surface area contributed by atoms with Crippen molar-refractivity contribution in [2.75, 3.05) is 33.0 Å². The van der Waals surface area contributed by atoms with Crippen LogP contribution in [0.2, 0.25) is 0 Å². The first-order chi connectivity index (χ1) is 8.25. The number of ether oxygens (including phenoxy) is 2. The molecule has 0 aliphatic carbocycles. The topological polar surface area (TPSA) is 65.1 Å². The van der Waals surface area contributed by atoms with Crippen LogP contribution < -0.4 is 0 Å². The maximum absolute atomic E-state index is 11.0. The zero-order chi connectivity index (χ0) is 12.5. The van der Waals surface area contributed by atoms with Gasteiger partial charge in [0.05, 0.1) is 26.4 Å². The molecule has 92 valence electrons. The van der Waals surface area contributed by atoms with Crippen molar-refractivity contribution in [1.29, 1.82) is 0 Å². The minimum atomic E-state index is -0.479. The van der Waals surface area contributed by atoms with Gasteiger partial charge in [-0.1, -0.05) is 5.92 Å². The molecule has 17 heavy (non-hydrogen) atoms. The van der Waals surface area contributed by atoms with Crippen LogP contribution in [0.25, 0.3) is 0 Å². The van der Waals surface area contributed by atoms with Gasteiger partial charge in [-0.05, 0) is 0 Å². The van der Waals surface area contributed by atoms with Crippen molar-refractivity contribution in [2.45, 2.75) is 0 Å². The zero-order valence-corrected chi connectivity index (χ0v) is 9.26. The molecule has 0 radical (unpaired) electrons. The average Bonchev–Trinajstić information content (AvgIpc) is 2.63. The molecule has 0 N–H and O–H groups in total. The van der Waals surface area contributed by atoms with Gasteiger partial charge in [0.15, 0.2) is 0 Å². The first kappa shape index (κ1) is 13.4. The van der Waals surface area contributed by atoms with Crippen molar-refractivity contribution in [3.05, 3.63) is 12.2 Å². The van der Waals surface area contributed by atoms with E-state index in [-0.39, 0.29) is 19.8 Å².